The molecule has 0 spiro atoms. The fraction of sp³-hybridized carbons (Fsp3) is 0.308. The van der Waals surface area contributed by atoms with Crippen molar-refractivity contribution in [1.29, 1.82) is 0 Å². The van der Waals surface area contributed by atoms with Crippen LogP contribution >= 0.6 is 0 Å². The summed E-state index contributed by atoms with van der Waals surface area (Å²) in [6.07, 6.45) is 0.967. The number of nitrogens with zero attached hydrogens (tertiary/aromatic N) is 1. The highest BCUT2D eigenvalue weighted by Crippen LogP contribution is 2.27. The molecule has 1 aliphatic heterocycles. The van der Waals surface area contributed by atoms with E-state index >= 15 is 0 Å². The predicted octanol–water partition coefficient (Wildman–Crippen LogP) is 1.33. The number of anilines is 1. The second-order valence-corrected chi connectivity index (χ2v) is 4.44. The largest absolute Gasteiger partial charge is 0.423 e. The van der Waals surface area contributed by atoms with Crippen LogP contribution in [0.4, 0.5) is 5.69 Å². The average Bonchev–Trinajstić information content (AvgIpc) is 2.74. The van der Waals surface area contributed by atoms with Gasteiger partial charge in [0.05, 0.1) is 5.69 Å². The Morgan fingerprint density at radius 2 is 2.18 bits per heavy atom. The summed E-state index contributed by atoms with van der Waals surface area (Å²) in [5.74, 6) is 0. The molecule has 0 amide bonds. The molecule has 1 aromatic carbocycles. The van der Waals surface area contributed by atoms with Gasteiger partial charge in [0.1, 0.15) is 5.58 Å². The van der Waals surface area contributed by atoms with E-state index in [1.54, 1.807) is 6.07 Å². The number of para-hydroxylation sites is 1. The lowest BCUT2D eigenvalue weighted by Gasteiger charge is -2.19. The van der Waals surface area contributed by atoms with Crippen molar-refractivity contribution >= 4 is 16.7 Å². The molecule has 2 heterocycles. The summed E-state index contributed by atoms with van der Waals surface area (Å²) in [4.78, 5) is 13.7. The van der Waals surface area contributed by atoms with Gasteiger partial charge in [0.15, 0.2) is 0 Å². The molecule has 1 aromatic heterocycles. The number of fused-ring (bicyclic) bond motifs is 1. The first kappa shape index (κ1) is 10.4. The van der Waals surface area contributed by atoms with Crippen LogP contribution in [-0.2, 0) is 0 Å². The van der Waals surface area contributed by atoms with Crippen LogP contribution < -0.4 is 16.3 Å². The van der Waals surface area contributed by atoms with Crippen molar-refractivity contribution in [3.63, 3.8) is 0 Å². The van der Waals surface area contributed by atoms with E-state index in [0.29, 0.717) is 5.58 Å². The van der Waals surface area contributed by atoms with Crippen LogP contribution in [-0.4, -0.2) is 19.1 Å². The molecule has 0 unspecified atom stereocenters. The zero-order chi connectivity index (χ0) is 11.8. The zero-order valence-electron chi connectivity index (χ0n) is 9.43. The van der Waals surface area contributed by atoms with E-state index in [0.717, 1.165) is 30.6 Å². The van der Waals surface area contributed by atoms with Gasteiger partial charge in [-0.1, -0.05) is 12.1 Å². The molecule has 4 nitrogen and oxygen atoms in total. The second-order valence-electron chi connectivity index (χ2n) is 4.44. The number of hydrogen-bond acceptors (Lipinski definition) is 4. The van der Waals surface area contributed by atoms with Gasteiger partial charge in [0.25, 0.3) is 0 Å². The Kier molecular flexibility index (Phi) is 2.37. The van der Waals surface area contributed by atoms with Gasteiger partial charge in [-0.2, -0.15) is 0 Å². The quantitative estimate of drug-likeness (QED) is 0.751. The topological polar surface area (TPSA) is 59.5 Å². The van der Waals surface area contributed by atoms with Crippen molar-refractivity contribution in [1.82, 2.24) is 0 Å². The minimum atomic E-state index is -0.306. The standard InChI is InChI=1S/C13H14N2O2/c14-9-5-6-15(8-9)11-7-13(16)17-12-4-2-1-3-10(11)12/h1-4,7,9H,5-6,8,14H2/t9-/m0/s1. The maximum absolute atomic E-state index is 11.5. The Labute approximate surface area is 98.6 Å². The van der Waals surface area contributed by atoms with Crippen molar-refractivity contribution in [3.8, 4) is 0 Å². The van der Waals surface area contributed by atoms with Gasteiger partial charge in [0.2, 0.25) is 0 Å². The molecule has 2 N–H and O–H groups in total. The molecule has 2 aromatic rings. The molecule has 1 saturated heterocycles. The predicted molar refractivity (Wildman–Crippen MR) is 67.3 cm³/mol. The molecular formula is C13H14N2O2. The molecule has 88 valence electrons. The van der Waals surface area contributed by atoms with E-state index in [4.69, 9.17) is 10.2 Å². The van der Waals surface area contributed by atoms with Crippen molar-refractivity contribution in [2.45, 2.75) is 12.5 Å². The van der Waals surface area contributed by atoms with E-state index < -0.39 is 0 Å². The van der Waals surface area contributed by atoms with Gasteiger partial charge < -0.3 is 15.1 Å². The number of benzene rings is 1. The van der Waals surface area contributed by atoms with Gasteiger partial charge in [-0.25, -0.2) is 4.79 Å². The molecular weight excluding hydrogens is 216 g/mol. The van der Waals surface area contributed by atoms with Crippen molar-refractivity contribution < 1.29 is 4.42 Å². The fourth-order valence-electron chi connectivity index (χ4n) is 2.36. The SMILES string of the molecule is N[C@H]1CCN(c2cc(=O)oc3ccccc23)C1. The molecule has 0 radical (unpaired) electrons. The molecule has 4 heteroatoms. The summed E-state index contributed by atoms with van der Waals surface area (Å²) in [6, 6.07) is 9.35. The maximum Gasteiger partial charge on any atom is 0.338 e. The van der Waals surface area contributed by atoms with Crippen LogP contribution in [0, 0.1) is 0 Å². The van der Waals surface area contributed by atoms with E-state index in [2.05, 4.69) is 4.90 Å². The van der Waals surface area contributed by atoms with Crippen LogP contribution in [0.3, 0.4) is 0 Å². The third-order valence-corrected chi connectivity index (χ3v) is 3.19. The van der Waals surface area contributed by atoms with Gasteiger partial charge in [-0.3, -0.25) is 0 Å². The van der Waals surface area contributed by atoms with Gasteiger partial charge in [-0.15, -0.1) is 0 Å². The number of nitrogens with two attached hydrogens (primary N) is 1. The molecule has 1 aliphatic rings. The van der Waals surface area contributed by atoms with Crippen molar-refractivity contribution in [3.05, 3.63) is 40.8 Å². The second kappa shape index (κ2) is 3.89. The highest BCUT2D eigenvalue weighted by atomic mass is 16.4. The molecule has 0 bridgehead atoms. The monoisotopic (exact) mass is 230 g/mol. The van der Waals surface area contributed by atoms with E-state index in [-0.39, 0.29) is 11.7 Å². The maximum atomic E-state index is 11.5. The Hall–Kier alpha value is -1.81. The molecule has 0 saturated carbocycles. The molecule has 0 aliphatic carbocycles. The molecule has 1 atom stereocenters. The zero-order valence-corrected chi connectivity index (χ0v) is 9.43. The normalized spacial score (nSPS) is 20.1. The minimum absolute atomic E-state index is 0.195. The lowest BCUT2D eigenvalue weighted by molar-refractivity contribution is 0.560. The Bertz CT molecular complexity index is 606. The summed E-state index contributed by atoms with van der Waals surface area (Å²) in [5.41, 5.74) is 7.16. The van der Waals surface area contributed by atoms with Crippen LogP contribution in [0.15, 0.2) is 39.5 Å². The highest BCUT2D eigenvalue weighted by Gasteiger charge is 2.21. The molecule has 17 heavy (non-hydrogen) atoms. The highest BCUT2D eigenvalue weighted by molar-refractivity contribution is 5.90. The van der Waals surface area contributed by atoms with E-state index in [1.165, 1.54) is 0 Å². The first-order chi connectivity index (χ1) is 8.24. The molecule has 1 fully saturated rings. The number of hydrogen-bond donors (Lipinski definition) is 1. The average molecular weight is 230 g/mol. The van der Waals surface area contributed by atoms with Crippen molar-refractivity contribution in [2.24, 2.45) is 5.73 Å². The van der Waals surface area contributed by atoms with Crippen LogP contribution in [0.1, 0.15) is 6.42 Å². The van der Waals surface area contributed by atoms with Crippen LogP contribution in [0.5, 0.6) is 0 Å². The summed E-state index contributed by atoms with van der Waals surface area (Å²) in [5, 5.41) is 0.973. The summed E-state index contributed by atoms with van der Waals surface area (Å²) in [7, 11) is 0. The summed E-state index contributed by atoms with van der Waals surface area (Å²) >= 11 is 0. The first-order valence-electron chi connectivity index (χ1n) is 5.77. The Balaban J connectivity index is 2.18. The first-order valence-corrected chi connectivity index (χ1v) is 5.77. The third-order valence-electron chi connectivity index (χ3n) is 3.19. The smallest absolute Gasteiger partial charge is 0.338 e. The van der Waals surface area contributed by atoms with Gasteiger partial charge in [0, 0.05) is 30.6 Å². The Morgan fingerprint density at radius 3 is 2.94 bits per heavy atom. The minimum Gasteiger partial charge on any atom is -0.423 e. The lowest BCUT2D eigenvalue weighted by atomic mass is 10.2. The van der Waals surface area contributed by atoms with E-state index in [9.17, 15) is 4.79 Å². The molecule has 3 rings (SSSR count). The summed E-state index contributed by atoms with van der Waals surface area (Å²) < 4.78 is 5.18. The van der Waals surface area contributed by atoms with Gasteiger partial charge in [-0.05, 0) is 18.6 Å². The Morgan fingerprint density at radius 1 is 1.35 bits per heavy atom. The lowest BCUT2D eigenvalue weighted by Crippen LogP contribution is -2.27. The van der Waals surface area contributed by atoms with Gasteiger partial charge >= 0.3 is 5.63 Å². The van der Waals surface area contributed by atoms with E-state index in [1.807, 2.05) is 24.3 Å². The third kappa shape index (κ3) is 1.80. The van der Waals surface area contributed by atoms with Crippen LogP contribution in [0.25, 0.3) is 11.0 Å². The summed E-state index contributed by atoms with van der Waals surface area (Å²) in [6.45, 7) is 1.70. The van der Waals surface area contributed by atoms with Crippen LogP contribution in [0.2, 0.25) is 0 Å². The fourth-order valence-corrected chi connectivity index (χ4v) is 2.36. The number of rotatable bonds is 1. The van der Waals surface area contributed by atoms with Crippen molar-refractivity contribution in [2.75, 3.05) is 18.0 Å².